The second-order valence-electron chi connectivity index (χ2n) is 5.17. The minimum atomic E-state index is -0.472. The van der Waals surface area contributed by atoms with E-state index in [1.807, 2.05) is 24.3 Å². The van der Waals surface area contributed by atoms with Gasteiger partial charge in [-0.05, 0) is 42.3 Å². The van der Waals surface area contributed by atoms with Crippen molar-refractivity contribution < 1.29 is 9.18 Å². The number of thioether (sulfide) groups is 1. The maximum atomic E-state index is 13.9. The first-order chi connectivity index (χ1) is 11.5. The van der Waals surface area contributed by atoms with Crippen LogP contribution in [-0.2, 0) is 11.2 Å². The van der Waals surface area contributed by atoms with E-state index in [0.29, 0.717) is 14.9 Å². The molecule has 2 aromatic rings. The SMILES string of the molecule is CCc1ccc(N2C(=O)C(=Cc3c(F)cccc3Cl)SC2=S)cc1. The number of benzene rings is 2. The Hall–Kier alpha value is -1.69. The van der Waals surface area contributed by atoms with Crippen LogP contribution in [0.1, 0.15) is 18.1 Å². The lowest BCUT2D eigenvalue weighted by Crippen LogP contribution is -2.27. The Morgan fingerprint density at radius 2 is 1.96 bits per heavy atom. The molecule has 2 aromatic carbocycles. The molecule has 6 heteroatoms. The highest BCUT2D eigenvalue weighted by molar-refractivity contribution is 8.27. The molecule has 0 spiro atoms. The molecule has 3 rings (SSSR count). The summed E-state index contributed by atoms with van der Waals surface area (Å²) in [6.07, 6.45) is 2.38. The van der Waals surface area contributed by atoms with Crippen molar-refractivity contribution in [3.05, 3.63) is 69.3 Å². The van der Waals surface area contributed by atoms with Gasteiger partial charge in [-0.2, -0.15) is 0 Å². The molecule has 0 aliphatic carbocycles. The summed E-state index contributed by atoms with van der Waals surface area (Å²) in [6.45, 7) is 2.06. The highest BCUT2D eigenvalue weighted by Gasteiger charge is 2.33. The third-order valence-corrected chi connectivity index (χ3v) is 5.30. The highest BCUT2D eigenvalue weighted by Crippen LogP contribution is 2.37. The number of amides is 1. The summed E-state index contributed by atoms with van der Waals surface area (Å²) >= 11 is 12.5. The second kappa shape index (κ2) is 7.05. The van der Waals surface area contributed by atoms with E-state index in [9.17, 15) is 9.18 Å². The van der Waals surface area contributed by atoms with E-state index in [4.69, 9.17) is 23.8 Å². The number of hydrogen-bond acceptors (Lipinski definition) is 3. The van der Waals surface area contributed by atoms with Crippen molar-refractivity contribution in [1.82, 2.24) is 0 Å². The average Bonchev–Trinajstić information content (AvgIpc) is 2.85. The summed E-state index contributed by atoms with van der Waals surface area (Å²) in [5, 5.41) is 0.257. The molecule has 0 saturated carbocycles. The number of nitrogens with zero attached hydrogens (tertiary/aromatic N) is 1. The van der Waals surface area contributed by atoms with Crippen molar-refractivity contribution in [1.29, 1.82) is 0 Å². The van der Waals surface area contributed by atoms with Crippen LogP contribution in [-0.4, -0.2) is 10.2 Å². The predicted molar refractivity (Wildman–Crippen MR) is 103 cm³/mol. The van der Waals surface area contributed by atoms with Crippen molar-refractivity contribution in [2.45, 2.75) is 13.3 Å². The van der Waals surface area contributed by atoms with Crippen LogP contribution in [0.4, 0.5) is 10.1 Å². The highest BCUT2D eigenvalue weighted by atomic mass is 35.5. The van der Waals surface area contributed by atoms with Crippen LogP contribution in [0.15, 0.2) is 47.4 Å². The van der Waals surface area contributed by atoms with Gasteiger partial charge < -0.3 is 0 Å². The van der Waals surface area contributed by atoms with Crippen molar-refractivity contribution in [3.8, 4) is 0 Å². The fourth-order valence-corrected chi connectivity index (χ4v) is 3.85. The molecule has 1 aliphatic rings. The molecule has 122 valence electrons. The zero-order valence-electron chi connectivity index (χ0n) is 12.8. The molecule has 0 aromatic heterocycles. The van der Waals surface area contributed by atoms with E-state index in [-0.39, 0.29) is 16.5 Å². The summed E-state index contributed by atoms with van der Waals surface area (Å²) in [7, 11) is 0. The third-order valence-electron chi connectivity index (χ3n) is 3.67. The number of rotatable bonds is 3. The number of halogens is 2. The van der Waals surface area contributed by atoms with Gasteiger partial charge in [0.15, 0.2) is 4.32 Å². The third kappa shape index (κ3) is 3.24. The van der Waals surface area contributed by atoms with E-state index in [1.54, 1.807) is 6.07 Å². The van der Waals surface area contributed by atoms with Crippen molar-refractivity contribution >= 4 is 57.6 Å². The van der Waals surface area contributed by atoms with E-state index in [2.05, 4.69) is 6.92 Å². The Morgan fingerprint density at radius 1 is 1.25 bits per heavy atom. The van der Waals surface area contributed by atoms with Gasteiger partial charge in [0.2, 0.25) is 0 Å². The van der Waals surface area contributed by atoms with Crippen LogP contribution in [0.5, 0.6) is 0 Å². The van der Waals surface area contributed by atoms with Gasteiger partial charge >= 0.3 is 0 Å². The molecule has 0 N–H and O–H groups in total. The molecule has 1 aliphatic heterocycles. The van der Waals surface area contributed by atoms with Crippen LogP contribution in [0.3, 0.4) is 0 Å². The summed E-state index contributed by atoms with van der Waals surface area (Å²) in [5.74, 6) is -0.742. The van der Waals surface area contributed by atoms with Crippen LogP contribution >= 0.6 is 35.6 Å². The van der Waals surface area contributed by atoms with Gasteiger partial charge in [-0.15, -0.1) is 0 Å². The van der Waals surface area contributed by atoms with E-state index in [0.717, 1.165) is 18.2 Å². The van der Waals surface area contributed by atoms with Gasteiger partial charge in [0.1, 0.15) is 5.82 Å². The molecule has 1 heterocycles. The standard InChI is InChI=1S/C18H13ClFNOS2/c1-2-11-6-8-12(9-7-11)21-17(22)16(24-18(21)23)10-13-14(19)4-3-5-15(13)20/h3-10H,2H2,1H3. The number of aryl methyl sites for hydroxylation is 1. The van der Waals surface area contributed by atoms with Gasteiger partial charge in [0.05, 0.1) is 15.6 Å². The predicted octanol–water partition coefficient (Wildman–Crippen LogP) is 5.45. The van der Waals surface area contributed by atoms with Crippen LogP contribution < -0.4 is 4.90 Å². The van der Waals surface area contributed by atoms with E-state index in [1.165, 1.54) is 28.7 Å². The quantitative estimate of drug-likeness (QED) is 0.524. The van der Waals surface area contributed by atoms with Crippen molar-refractivity contribution in [2.75, 3.05) is 4.90 Å². The molecule has 24 heavy (non-hydrogen) atoms. The summed E-state index contributed by atoms with van der Waals surface area (Å²) in [5.41, 5.74) is 2.08. The summed E-state index contributed by atoms with van der Waals surface area (Å²) < 4.78 is 14.4. The lowest BCUT2D eigenvalue weighted by Gasteiger charge is -2.14. The topological polar surface area (TPSA) is 20.3 Å². The van der Waals surface area contributed by atoms with E-state index < -0.39 is 5.82 Å². The number of carbonyl (C=O) groups excluding carboxylic acids is 1. The van der Waals surface area contributed by atoms with Crippen molar-refractivity contribution in [2.24, 2.45) is 0 Å². The lowest BCUT2D eigenvalue weighted by molar-refractivity contribution is -0.113. The molecule has 0 atom stereocenters. The van der Waals surface area contributed by atoms with Gasteiger partial charge in [-0.1, -0.05) is 60.7 Å². The Bertz CT molecular complexity index is 828. The van der Waals surface area contributed by atoms with Crippen LogP contribution in [0, 0.1) is 5.82 Å². The summed E-state index contributed by atoms with van der Waals surface area (Å²) in [4.78, 5) is 14.5. The summed E-state index contributed by atoms with van der Waals surface area (Å²) in [6, 6.07) is 12.1. The molecule has 1 amide bonds. The molecular weight excluding hydrogens is 365 g/mol. The second-order valence-corrected chi connectivity index (χ2v) is 7.26. The molecule has 0 bridgehead atoms. The molecule has 1 fully saturated rings. The Morgan fingerprint density at radius 3 is 2.58 bits per heavy atom. The van der Waals surface area contributed by atoms with Crippen molar-refractivity contribution in [3.63, 3.8) is 0 Å². The maximum absolute atomic E-state index is 13.9. The van der Waals surface area contributed by atoms with Gasteiger partial charge in [0, 0.05) is 5.56 Å². The molecule has 0 radical (unpaired) electrons. The Kier molecular flexibility index (Phi) is 5.04. The average molecular weight is 378 g/mol. The number of carbonyl (C=O) groups is 1. The lowest BCUT2D eigenvalue weighted by atomic mass is 10.1. The minimum Gasteiger partial charge on any atom is -0.268 e. The van der Waals surface area contributed by atoms with E-state index >= 15 is 0 Å². The zero-order chi connectivity index (χ0) is 17.3. The van der Waals surface area contributed by atoms with Crippen LogP contribution in [0.25, 0.3) is 6.08 Å². The fraction of sp³-hybridized carbons (Fsp3) is 0.111. The minimum absolute atomic E-state index is 0.195. The maximum Gasteiger partial charge on any atom is 0.270 e. The number of hydrogen-bond donors (Lipinski definition) is 0. The zero-order valence-corrected chi connectivity index (χ0v) is 15.1. The largest absolute Gasteiger partial charge is 0.270 e. The molecule has 1 saturated heterocycles. The number of anilines is 1. The Balaban J connectivity index is 1.95. The first-order valence-electron chi connectivity index (χ1n) is 7.32. The van der Waals surface area contributed by atoms with Gasteiger partial charge in [0.25, 0.3) is 5.91 Å². The first kappa shape index (κ1) is 17.1. The van der Waals surface area contributed by atoms with Gasteiger partial charge in [-0.3, -0.25) is 9.69 Å². The Labute approximate surface area is 154 Å². The smallest absolute Gasteiger partial charge is 0.268 e. The molecule has 2 nitrogen and oxygen atoms in total. The first-order valence-corrected chi connectivity index (χ1v) is 8.92. The number of thiocarbonyl (C=S) groups is 1. The monoisotopic (exact) mass is 377 g/mol. The molecular formula is C18H13ClFNOS2. The van der Waals surface area contributed by atoms with Crippen LogP contribution in [0.2, 0.25) is 5.02 Å². The van der Waals surface area contributed by atoms with Gasteiger partial charge in [-0.25, -0.2) is 4.39 Å². The normalized spacial score (nSPS) is 16.3. The fourth-order valence-electron chi connectivity index (χ4n) is 2.35. The molecule has 0 unspecified atom stereocenters.